The molecule has 358 valence electrons. The average molecular weight is 1020 g/mol. The van der Waals surface area contributed by atoms with Crippen LogP contribution in [-0.4, -0.2) is 85.5 Å². The fourth-order valence-corrected chi connectivity index (χ4v) is 10.7. The van der Waals surface area contributed by atoms with Crippen molar-refractivity contribution in [2.75, 3.05) is 47.0 Å². The highest BCUT2D eigenvalue weighted by molar-refractivity contribution is 7.92. The van der Waals surface area contributed by atoms with E-state index < -0.39 is 21.4 Å². The summed E-state index contributed by atoms with van der Waals surface area (Å²) in [5.41, 5.74) is 1.54. The number of carbonyl (C=O) groups is 1. The first-order chi connectivity index (χ1) is 32.2. The Labute approximate surface area is 406 Å². The van der Waals surface area contributed by atoms with E-state index in [9.17, 15) is 26.4 Å². The van der Waals surface area contributed by atoms with Crippen molar-refractivity contribution < 1.29 is 53.7 Å². The lowest BCUT2D eigenvalue weighted by molar-refractivity contribution is -0.164. The first-order valence-corrected chi connectivity index (χ1v) is 24.8. The van der Waals surface area contributed by atoms with Crippen LogP contribution in [0.15, 0.2) is 85.2 Å². The predicted molar refractivity (Wildman–Crippen MR) is 253 cm³/mol. The predicted octanol–water partition coefficient (Wildman–Crippen LogP) is 11.1. The number of carbonyl (C=O) groups excluding carboxylic acids is 1. The van der Waals surface area contributed by atoms with Crippen molar-refractivity contribution in [2.45, 2.75) is 50.0 Å². The minimum Gasteiger partial charge on any atom is -0.463 e. The summed E-state index contributed by atoms with van der Waals surface area (Å²) >= 11 is 14.9. The molecule has 0 N–H and O–H groups in total. The molecule has 21 heteroatoms. The molecule has 2 aromatic heterocycles. The van der Waals surface area contributed by atoms with E-state index in [-0.39, 0.29) is 34.3 Å². The minimum atomic E-state index is -5.90. The van der Waals surface area contributed by atoms with E-state index >= 15 is 0 Å². The Morgan fingerprint density at radius 3 is 1.76 bits per heavy atom. The number of esters is 1. The lowest BCUT2D eigenvalue weighted by Gasteiger charge is -2.35. The molecule has 2 aliphatic carbocycles. The SMILES string of the molecule is CCOC(=O)/C=C/C1=Cc2cccnc2C(C2CCN(SOOC)CC2)c2ccc(Cl)cc21.COOSN1CCC(C2c3ccc(Cl)cc3C(OS(=O)(=O)C(F)(F)F)=Cc3cccnc32)CC1. The van der Waals surface area contributed by atoms with Crippen LogP contribution in [0.4, 0.5) is 13.2 Å². The van der Waals surface area contributed by atoms with Crippen LogP contribution in [0.3, 0.4) is 0 Å². The summed E-state index contributed by atoms with van der Waals surface area (Å²) in [6, 6.07) is 18.1. The molecule has 0 bridgehead atoms. The Bertz CT molecular complexity index is 2590. The highest BCUT2D eigenvalue weighted by Crippen LogP contribution is 2.48. The van der Waals surface area contributed by atoms with Crippen LogP contribution in [0.25, 0.3) is 23.5 Å². The largest absolute Gasteiger partial charge is 0.534 e. The molecule has 2 unspecified atom stereocenters. The maximum Gasteiger partial charge on any atom is 0.534 e. The van der Waals surface area contributed by atoms with Crippen LogP contribution in [0.5, 0.6) is 0 Å². The molecule has 2 atom stereocenters. The van der Waals surface area contributed by atoms with Crippen LogP contribution in [0.2, 0.25) is 10.0 Å². The third kappa shape index (κ3) is 12.4. The Kier molecular flexibility index (Phi) is 17.5. The number of hydrogen-bond donors (Lipinski definition) is 0. The van der Waals surface area contributed by atoms with Crippen LogP contribution in [-0.2, 0) is 42.3 Å². The van der Waals surface area contributed by atoms with Gasteiger partial charge in [0.15, 0.2) is 5.76 Å². The van der Waals surface area contributed by atoms with Gasteiger partial charge in [-0.3, -0.25) is 9.97 Å². The summed E-state index contributed by atoms with van der Waals surface area (Å²) < 4.78 is 87.0. The minimum absolute atomic E-state index is 0.0694. The van der Waals surface area contributed by atoms with Crippen molar-refractivity contribution in [3.8, 4) is 0 Å². The zero-order valence-electron chi connectivity index (χ0n) is 36.5. The maximum atomic E-state index is 13.1. The Hall–Kier alpha value is -3.99. The van der Waals surface area contributed by atoms with Crippen molar-refractivity contribution in [3.05, 3.63) is 140 Å². The summed E-state index contributed by atoms with van der Waals surface area (Å²) in [6.07, 6.45) is 13.6. The number of pyridine rings is 2. The zero-order chi connectivity index (χ0) is 47.7. The van der Waals surface area contributed by atoms with E-state index in [1.807, 2.05) is 34.8 Å². The van der Waals surface area contributed by atoms with Crippen molar-refractivity contribution >= 4 is 87.2 Å². The number of alkyl halides is 3. The lowest BCUT2D eigenvalue weighted by Crippen LogP contribution is -2.32. The van der Waals surface area contributed by atoms with Crippen molar-refractivity contribution in [2.24, 2.45) is 11.8 Å². The van der Waals surface area contributed by atoms with Crippen molar-refractivity contribution in [1.82, 2.24) is 18.6 Å². The van der Waals surface area contributed by atoms with Gasteiger partial charge >= 0.3 is 21.6 Å². The molecular weight excluding hydrogens is 977 g/mol. The molecule has 4 aromatic rings. The molecule has 2 aliphatic heterocycles. The average Bonchev–Trinajstić information content (AvgIpc) is 3.53. The van der Waals surface area contributed by atoms with Gasteiger partial charge in [0.05, 0.1) is 32.2 Å². The molecule has 0 spiro atoms. The molecule has 4 aliphatic rings. The van der Waals surface area contributed by atoms with Gasteiger partial charge in [0.25, 0.3) is 0 Å². The summed E-state index contributed by atoms with van der Waals surface area (Å²) in [7, 11) is -2.97. The summed E-state index contributed by atoms with van der Waals surface area (Å²) in [5.74, 6) is -0.538. The normalized spacial score (nSPS) is 19.3. The van der Waals surface area contributed by atoms with E-state index in [2.05, 4.69) is 36.6 Å². The summed E-state index contributed by atoms with van der Waals surface area (Å²) in [4.78, 5) is 30.7. The van der Waals surface area contributed by atoms with E-state index in [0.29, 0.717) is 47.5 Å². The Morgan fingerprint density at radius 2 is 1.27 bits per heavy atom. The third-order valence-corrected chi connectivity index (χ3v) is 14.7. The van der Waals surface area contributed by atoms with Gasteiger partial charge in [0.2, 0.25) is 0 Å². The molecule has 0 amide bonds. The Balaban J connectivity index is 0.000000199. The van der Waals surface area contributed by atoms with E-state index in [1.54, 1.807) is 37.4 Å². The molecule has 67 heavy (non-hydrogen) atoms. The fourth-order valence-electron chi connectivity index (χ4n) is 8.83. The van der Waals surface area contributed by atoms with Crippen LogP contribution in [0.1, 0.15) is 89.2 Å². The van der Waals surface area contributed by atoms with E-state index in [0.717, 1.165) is 73.4 Å². The van der Waals surface area contributed by atoms with Crippen LogP contribution < -0.4 is 0 Å². The molecule has 2 saturated heterocycles. The van der Waals surface area contributed by atoms with E-state index in [4.69, 9.17) is 46.5 Å². The number of benzene rings is 2. The maximum absolute atomic E-state index is 13.1. The molecular formula is C46H47Cl2F3N4O9S3. The number of nitrogens with zero attached hydrogens (tertiary/aromatic N) is 4. The quantitative estimate of drug-likeness (QED) is 0.0183. The fraction of sp³-hybridized carbons (Fsp3) is 0.370. The monoisotopic (exact) mass is 1020 g/mol. The Morgan fingerprint density at radius 1 is 0.776 bits per heavy atom. The number of piperidine rings is 2. The number of halogens is 5. The highest BCUT2D eigenvalue weighted by Gasteiger charge is 2.49. The number of hydrogen-bond acceptors (Lipinski definition) is 15. The molecule has 4 heterocycles. The lowest BCUT2D eigenvalue weighted by atomic mass is 9.76. The molecule has 0 radical (unpaired) electrons. The standard InChI is InChI=1S/C25H27ClN2O4S.C21H20ClF3N2O5S2/c1-3-31-23(29)9-6-18-15-19-5-4-12-27-25(19)24(21-8-7-20(26)16-22(18)21)17-10-13-28(14-11-17)33-32-30-2;1-30-32-33-27-9-6-13(7-10-27)19-16-5-4-15(22)12-17(16)18(31-34(28,29)21(23,24)25)11-14-3-2-8-26-20(14)19/h4-9,12,15-17,24H,3,10-11,13-14H2,1-2H3;2-5,8,11-13,19H,6-7,9-10H2,1H3/b9-6+;. The van der Waals surface area contributed by atoms with Gasteiger partial charge in [-0.25, -0.2) is 23.2 Å². The number of ether oxygens (including phenoxy) is 1. The first-order valence-electron chi connectivity index (χ1n) is 21.2. The van der Waals surface area contributed by atoms with Gasteiger partial charge < -0.3 is 8.92 Å². The first kappa shape index (κ1) is 50.9. The van der Waals surface area contributed by atoms with Crippen molar-refractivity contribution in [3.63, 3.8) is 0 Å². The number of fused-ring (bicyclic) bond motifs is 4. The number of aromatic nitrogens is 2. The number of rotatable bonds is 13. The van der Waals surface area contributed by atoms with Crippen LogP contribution >= 0.6 is 47.7 Å². The summed E-state index contributed by atoms with van der Waals surface area (Å²) in [6.45, 7) is 5.28. The van der Waals surface area contributed by atoms with Crippen LogP contribution in [0, 0.1) is 11.8 Å². The highest BCUT2D eigenvalue weighted by atomic mass is 35.5. The topological polar surface area (TPSA) is 139 Å². The van der Waals surface area contributed by atoms with Gasteiger partial charge in [-0.05, 0) is 127 Å². The smallest absolute Gasteiger partial charge is 0.463 e. The second kappa shape index (κ2) is 23.1. The van der Waals surface area contributed by atoms with Gasteiger partial charge in [0.1, 0.15) is 24.5 Å². The molecule has 13 nitrogen and oxygen atoms in total. The number of allylic oxidation sites excluding steroid dienone is 2. The van der Waals surface area contributed by atoms with Gasteiger partial charge in [-0.1, -0.05) is 47.5 Å². The molecule has 0 saturated carbocycles. The van der Waals surface area contributed by atoms with Crippen molar-refractivity contribution in [1.29, 1.82) is 0 Å². The van der Waals surface area contributed by atoms with Gasteiger partial charge in [-0.2, -0.15) is 21.6 Å². The second-order valence-electron chi connectivity index (χ2n) is 15.7. The van der Waals surface area contributed by atoms with Gasteiger partial charge in [0, 0.05) is 77.7 Å². The van der Waals surface area contributed by atoms with E-state index in [1.165, 1.54) is 50.2 Å². The molecule has 2 fully saturated rings. The zero-order valence-corrected chi connectivity index (χ0v) is 40.4. The summed E-state index contributed by atoms with van der Waals surface area (Å²) in [5, 5.41) is 0.892. The third-order valence-electron chi connectivity index (χ3n) is 11.7. The second-order valence-corrected chi connectivity index (χ2v) is 19.7. The van der Waals surface area contributed by atoms with Gasteiger partial charge in [-0.15, -0.1) is 8.67 Å². The molecule has 2 aromatic carbocycles. The molecule has 8 rings (SSSR count).